The van der Waals surface area contributed by atoms with E-state index >= 15 is 0 Å². The van der Waals surface area contributed by atoms with Gasteiger partial charge in [-0.15, -0.1) is 0 Å². The first kappa shape index (κ1) is 15.0. The Morgan fingerprint density at radius 1 is 1.40 bits per heavy atom. The molecule has 4 heteroatoms. The van der Waals surface area contributed by atoms with E-state index in [1.807, 2.05) is 30.3 Å². The van der Waals surface area contributed by atoms with Gasteiger partial charge in [-0.2, -0.15) is 0 Å². The SMILES string of the molecule is CC1CCCC1NC(=O)C(Cc1ccccc1)C(N)=S. The third kappa shape index (κ3) is 3.79. The molecule has 1 fully saturated rings. The van der Waals surface area contributed by atoms with Crippen molar-refractivity contribution in [1.29, 1.82) is 0 Å². The van der Waals surface area contributed by atoms with Crippen LogP contribution in [0.15, 0.2) is 30.3 Å². The Morgan fingerprint density at radius 2 is 2.10 bits per heavy atom. The molecule has 2 rings (SSSR count). The summed E-state index contributed by atoms with van der Waals surface area (Å²) < 4.78 is 0. The van der Waals surface area contributed by atoms with Gasteiger partial charge in [0.1, 0.15) is 0 Å². The van der Waals surface area contributed by atoms with Crippen molar-refractivity contribution in [3.63, 3.8) is 0 Å². The van der Waals surface area contributed by atoms with E-state index in [0.717, 1.165) is 12.0 Å². The van der Waals surface area contributed by atoms with Crippen molar-refractivity contribution >= 4 is 23.1 Å². The second-order valence-electron chi connectivity index (χ2n) is 5.67. The molecule has 3 unspecified atom stereocenters. The van der Waals surface area contributed by atoms with Crippen LogP contribution in [0.2, 0.25) is 0 Å². The lowest BCUT2D eigenvalue weighted by Crippen LogP contribution is -2.44. The predicted octanol–water partition coefficient (Wildman–Crippen LogP) is 2.44. The highest BCUT2D eigenvalue weighted by Gasteiger charge is 2.29. The lowest BCUT2D eigenvalue weighted by atomic mass is 9.97. The molecule has 1 aliphatic rings. The van der Waals surface area contributed by atoms with Crippen LogP contribution in [0.3, 0.4) is 0 Å². The van der Waals surface area contributed by atoms with Crippen LogP contribution in [-0.2, 0) is 11.2 Å². The van der Waals surface area contributed by atoms with Gasteiger partial charge in [-0.05, 0) is 30.7 Å². The van der Waals surface area contributed by atoms with Crippen molar-refractivity contribution in [3.05, 3.63) is 35.9 Å². The molecule has 0 spiro atoms. The summed E-state index contributed by atoms with van der Waals surface area (Å²) in [5.74, 6) is 0.1000. The lowest BCUT2D eigenvalue weighted by molar-refractivity contribution is -0.123. The minimum Gasteiger partial charge on any atom is -0.393 e. The first-order valence-corrected chi connectivity index (χ1v) is 7.62. The van der Waals surface area contributed by atoms with Crippen LogP contribution in [-0.4, -0.2) is 16.9 Å². The van der Waals surface area contributed by atoms with E-state index in [1.165, 1.54) is 12.8 Å². The number of nitrogens with one attached hydrogen (secondary N) is 1. The second kappa shape index (κ2) is 6.84. The van der Waals surface area contributed by atoms with Gasteiger partial charge in [0.25, 0.3) is 0 Å². The Morgan fingerprint density at radius 3 is 2.65 bits per heavy atom. The minimum absolute atomic E-state index is 0.0277. The first-order valence-electron chi connectivity index (χ1n) is 7.21. The van der Waals surface area contributed by atoms with Crippen LogP contribution >= 0.6 is 12.2 Å². The van der Waals surface area contributed by atoms with Gasteiger partial charge < -0.3 is 11.1 Å². The van der Waals surface area contributed by atoms with Crippen LogP contribution in [0, 0.1) is 11.8 Å². The molecule has 3 N–H and O–H groups in total. The predicted molar refractivity (Wildman–Crippen MR) is 85.4 cm³/mol. The third-order valence-electron chi connectivity index (χ3n) is 4.13. The molecule has 3 nitrogen and oxygen atoms in total. The zero-order valence-corrected chi connectivity index (χ0v) is 12.7. The van der Waals surface area contributed by atoms with Crippen LogP contribution in [0.1, 0.15) is 31.7 Å². The fraction of sp³-hybridized carbons (Fsp3) is 0.500. The summed E-state index contributed by atoms with van der Waals surface area (Å²) in [5, 5.41) is 3.12. The van der Waals surface area contributed by atoms with Gasteiger partial charge in [-0.1, -0.05) is 55.9 Å². The van der Waals surface area contributed by atoms with Gasteiger partial charge in [-0.3, -0.25) is 4.79 Å². The molecule has 0 aromatic heterocycles. The second-order valence-corrected chi connectivity index (χ2v) is 6.14. The average molecular weight is 290 g/mol. The maximum absolute atomic E-state index is 12.4. The topological polar surface area (TPSA) is 55.1 Å². The van der Waals surface area contributed by atoms with Gasteiger partial charge in [-0.25, -0.2) is 0 Å². The van der Waals surface area contributed by atoms with E-state index in [9.17, 15) is 4.79 Å². The van der Waals surface area contributed by atoms with Crippen molar-refractivity contribution in [3.8, 4) is 0 Å². The minimum atomic E-state index is -0.416. The quantitative estimate of drug-likeness (QED) is 0.819. The van der Waals surface area contributed by atoms with Crippen molar-refractivity contribution in [1.82, 2.24) is 5.32 Å². The Hall–Kier alpha value is -1.42. The molecule has 3 atom stereocenters. The van der Waals surface area contributed by atoms with E-state index < -0.39 is 5.92 Å². The molecule has 1 saturated carbocycles. The summed E-state index contributed by atoms with van der Waals surface area (Å²) in [6.45, 7) is 2.19. The highest BCUT2D eigenvalue weighted by molar-refractivity contribution is 7.80. The number of amides is 1. The summed E-state index contributed by atoms with van der Waals surface area (Å²) in [5.41, 5.74) is 6.85. The molecule has 108 valence electrons. The standard InChI is InChI=1S/C16H22N2OS/c1-11-6-5-9-14(11)18-16(19)13(15(17)20)10-12-7-3-2-4-8-12/h2-4,7-8,11,13-14H,5-6,9-10H2,1H3,(H2,17,20)(H,18,19). The summed E-state index contributed by atoms with van der Waals surface area (Å²) >= 11 is 5.08. The Labute approximate surface area is 125 Å². The highest BCUT2D eigenvalue weighted by atomic mass is 32.1. The molecule has 0 aliphatic heterocycles. The number of nitrogens with two attached hydrogens (primary N) is 1. The molecule has 0 bridgehead atoms. The van der Waals surface area contributed by atoms with Crippen LogP contribution in [0.4, 0.5) is 0 Å². The van der Waals surface area contributed by atoms with Crippen LogP contribution < -0.4 is 11.1 Å². The van der Waals surface area contributed by atoms with E-state index in [1.54, 1.807) is 0 Å². The average Bonchev–Trinajstić information content (AvgIpc) is 2.82. The van der Waals surface area contributed by atoms with Crippen molar-refractivity contribution in [2.45, 2.75) is 38.6 Å². The largest absolute Gasteiger partial charge is 0.393 e. The smallest absolute Gasteiger partial charge is 0.230 e. The Balaban J connectivity index is 2.01. The Kier molecular flexibility index (Phi) is 5.12. The number of thiocarbonyl (C=S) groups is 1. The van der Waals surface area contributed by atoms with Crippen molar-refractivity contribution in [2.75, 3.05) is 0 Å². The van der Waals surface area contributed by atoms with Crippen LogP contribution in [0.5, 0.6) is 0 Å². The maximum atomic E-state index is 12.4. The molecule has 1 aromatic rings. The van der Waals surface area contributed by atoms with E-state index in [2.05, 4.69) is 12.2 Å². The summed E-state index contributed by atoms with van der Waals surface area (Å²) in [6, 6.07) is 10.1. The van der Waals surface area contributed by atoms with E-state index in [-0.39, 0.29) is 16.9 Å². The summed E-state index contributed by atoms with van der Waals surface area (Å²) in [6.07, 6.45) is 4.00. The molecule has 1 aromatic carbocycles. The van der Waals surface area contributed by atoms with Gasteiger partial charge in [0, 0.05) is 6.04 Å². The molecule has 1 amide bonds. The zero-order valence-electron chi connectivity index (χ0n) is 11.8. The Bertz CT molecular complexity index is 475. The molecular weight excluding hydrogens is 268 g/mol. The van der Waals surface area contributed by atoms with E-state index in [0.29, 0.717) is 12.3 Å². The van der Waals surface area contributed by atoms with Gasteiger partial charge in [0.05, 0.1) is 10.9 Å². The fourth-order valence-corrected chi connectivity index (χ4v) is 3.01. The number of hydrogen-bond donors (Lipinski definition) is 2. The van der Waals surface area contributed by atoms with Gasteiger partial charge in [0.15, 0.2) is 0 Å². The summed E-state index contributed by atoms with van der Waals surface area (Å²) in [7, 11) is 0. The van der Waals surface area contributed by atoms with Crippen LogP contribution in [0.25, 0.3) is 0 Å². The van der Waals surface area contributed by atoms with Gasteiger partial charge in [0.2, 0.25) is 5.91 Å². The molecule has 0 heterocycles. The molecule has 1 aliphatic carbocycles. The molecule has 0 saturated heterocycles. The number of rotatable bonds is 5. The first-order chi connectivity index (χ1) is 9.58. The highest BCUT2D eigenvalue weighted by Crippen LogP contribution is 2.25. The number of carbonyl (C=O) groups is 1. The number of benzene rings is 1. The maximum Gasteiger partial charge on any atom is 0.230 e. The monoisotopic (exact) mass is 290 g/mol. The molecule has 0 radical (unpaired) electrons. The molecular formula is C16H22N2OS. The summed E-state index contributed by atoms with van der Waals surface area (Å²) in [4.78, 5) is 12.7. The third-order valence-corrected chi connectivity index (χ3v) is 4.42. The fourth-order valence-electron chi connectivity index (χ4n) is 2.82. The number of hydrogen-bond acceptors (Lipinski definition) is 2. The van der Waals surface area contributed by atoms with E-state index in [4.69, 9.17) is 18.0 Å². The normalized spacial score (nSPS) is 23.2. The zero-order chi connectivity index (χ0) is 14.5. The van der Waals surface area contributed by atoms with Crippen molar-refractivity contribution in [2.24, 2.45) is 17.6 Å². The lowest BCUT2D eigenvalue weighted by Gasteiger charge is -2.22. The molecule has 20 heavy (non-hydrogen) atoms. The van der Waals surface area contributed by atoms with Crippen molar-refractivity contribution < 1.29 is 4.79 Å². The number of carbonyl (C=O) groups excluding carboxylic acids is 1. The van der Waals surface area contributed by atoms with Gasteiger partial charge >= 0.3 is 0 Å².